The second-order valence-electron chi connectivity index (χ2n) is 5.02. The molecule has 1 aliphatic heterocycles. The van der Waals surface area contributed by atoms with Crippen molar-refractivity contribution in [3.05, 3.63) is 34.9 Å². The third kappa shape index (κ3) is 2.95. The van der Waals surface area contributed by atoms with Gasteiger partial charge in [-0.05, 0) is 37.0 Å². The molecule has 0 aliphatic carbocycles. The second kappa shape index (κ2) is 5.44. The number of carbonyl (C=O) groups is 1. The Bertz CT molecular complexity index is 508. The third-order valence-electron chi connectivity index (χ3n) is 3.51. The molecule has 1 unspecified atom stereocenters. The van der Waals surface area contributed by atoms with E-state index in [-0.39, 0.29) is 17.0 Å². The quantitative estimate of drug-likeness (QED) is 0.908. The van der Waals surface area contributed by atoms with Crippen LogP contribution in [0.1, 0.15) is 40.4 Å². The molecular formula is C14H16F3NO2. The molecule has 0 spiro atoms. The number of likely N-dealkylation sites (tertiary alicyclic amines) is 1. The van der Waals surface area contributed by atoms with Crippen LogP contribution in [-0.4, -0.2) is 35.2 Å². The number of carbonyl (C=O) groups excluding carboxylic acids is 1. The Morgan fingerprint density at radius 3 is 2.45 bits per heavy atom. The lowest BCUT2D eigenvalue weighted by molar-refractivity contribution is -0.206. The van der Waals surface area contributed by atoms with Gasteiger partial charge in [-0.15, -0.1) is 0 Å². The smallest absolute Gasteiger partial charge is 0.379 e. The lowest BCUT2D eigenvalue weighted by Crippen LogP contribution is -2.28. The van der Waals surface area contributed by atoms with Gasteiger partial charge in [0.1, 0.15) is 0 Å². The summed E-state index contributed by atoms with van der Waals surface area (Å²) in [5, 5.41) is 9.27. The van der Waals surface area contributed by atoms with Crippen LogP contribution in [0.2, 0.25) is 0 Å². The molecule has 6 heteroatoms. The number of hydrogen-bond acceptors (Lipinski definition) is 2. The highest BCUT2D eigenvalue weighted by Gasteiger charge is 2.39. The summed E-state index contributed by atoms with van der Waals surface area (Å²) in [5.41, 5.74) is 0.540. The number of rotatable bonds is 2. The number of alkyl halides is 3. The molecule has 0 saturated carbocycles. The van der Waals surface area contributed by atoms with Gasteiger partial charge in [0.25, 0.3) is 5.91 Å². The van der Waals surface area contributed by atoms with Gasteiger partial charge in [0.15, 0.2) is 6.10 Å². The maximum Gasteiger partial charge on any atom is 0.418 e. The first-order valence-electron chi connectivity index (χ1n) is 6.45. The number of benzene rings is 1. The number of aryl methyl sites for hydroxylation is 1. The van der Waals surface area contributed by atoms with Crippen molar-refractivity contribution in [1.29, 1.82) is 0 Å². The van der Waals surface area contributed by atoms with Crippen LogP contribution in [0.15, 0.2) is 18.2 Å². The highest BCUT2D eigenvalue weighted by atomic mass is 19.4. The number of aliphatic hydroxyl groups excluding tert-OH is 1. The third-order valence-corrected chi connectivity index (χ3v) is 3.51. The zero-order chi connectivity index (χ0) is 14.9. The van der Waals surface area contributed by atoms with E-state index in [4.69, 9.17) is 0 Å². The predicted molar refractivity (Wildman–Crippen MR) is 67.3 cm³/mol. The SMILES string of the molecule is Cc1ccc(C(O)C(F)(F)F)cc1C(=O)N1CCCC1. The molecule has 1 fully saturated rings. The number of nitrogens with zero attached hydrogens (tertiary/aromatic N) is 1. The van der Waals surface area contributed by atoms with Gasteiger partial charge in [0.2, 0.25) is 0 Å². The summed E-state index contributed by atoms with van der Waals surface area (Å²) in [4.78, 5) is 13.9. The van der Waals surface area contributed by atoms with Crippen molar-refractivity contribution in [3.63, 3.8) is 0 Å². The van der Waals surface area contributed by atoms with Crippen LogP contribution < -0.4 is 0 Å². The number of hydrogen-bond donors (Lipinski definition) is 1. The first-order chi connectivity index (χ1) is 9.30. The maximum atomic E-state index is 12.5. The molecule has 0 aromatic heterocycles. The van der Waals surface area contributed by atoms with Gasteiger partial charge >= 0.3 is 6.18 Å². The minimum absolute atomic E-state index is 0.229. The van der Waals surface area contributed by atoms with E-state index in [2.05, 4.69) is 0 Å². The van der Waals surface area contributed by atoms with Gasteiger partial charge < -0.3 is 10.0 Å². The monoisotopic (exact) mass is 287 g/mol. The van der Waals surface area contributed by atoms with Gasteiger partial charge in [-0.3, -0.25) is 4.79 Å². The maximum absolute atomic E-state index is 12.5. The molecule has 2 rings (SSSR count). The van der Waals surface area contributed by atoms with Gasteiger partial charge in [-0.25, -0.2) is 0 Å². The molecule has 1 heterocycles. The summed E-state index contributed by atoms with van der Waals surface area (Å²) in [7, 11) is 0. The fraction of sp³-hybridized carbons (Fsp3) is 0.500. The Morgan fingerprint density at radius 1 is 1.30 bits per heavy atom. The molecule has 1 atom stereocenters. The first-order valence-corrected chi connectivity index (χ1v) is 6.45. The lowest BCUT2D eigenvalue weighted by Gasteiger charge is -2.19. The summed E-state index contributed by atoms with van der Waals surface area (Å²) in [5.74, 6) is -0.267. The van der Waals surface area contributed by atoms with Crippen molar-refractivity contribution in [2.24, 2.45) is 0 Å². The van der Waals surface area contributed by atoms with E-state index in [1.165, 1.54) is 12.1 Å². The van der Waals surface area contributed by atoms with E-state index in [9.17, 15) is 23.1 Å². The normalized spacial score (nSPS) is 17.4. The van der Waals surface area contributed by atoms with Crippen molar-refractivity contribution in [1.82, 2.24) is 4.90 Å². The molecule has 110 valence electrons. The summed E-state index contributed by atoms with van der Waals surface area (Å²) >= 11 is 0. The van der Waals surface area contributed by atoms with Gasteiger partial charge in [0.05, 0.1) is 0 Å². The van der Waals surface area contributed by atoms with E-state index >= 15 is 0 Å². The average Bonchev–Trinajstić information content (AvgIpc) is 2.90. The predicted octanol–water partition coefficient (Wildman–Crippen LogP) is 2.83. The van der Waals surface area contributed by atoms with Crippen LogP contribution in [0.4, 0.5) is 13.2 Å². The van der Waals surface area contributed by atoms with E-state index in [1.807, 2.05) is 0 Å². The summed E-state index contributed by atoms with van der Waals surface area (Å²) in [6.45, 7) is 2.93. The Kier molecular flexibility index (Phi) is 4.04. The molecule has 1 aliphatic rings. The number of halogens is 3. The number of aliphatic hydroxyl groups is 1. The Balaban J connectivity index is 2.31. The van der Waals surface area contributed by atoms with E-state index in [1.54, 1.807) is 11.8 Å². The van der Waals surface area contributed by atoms with Crippen LogP contribution in [0, 0.1) is 6.92 Å². The molecule has 1 aromatic carbocycles. The van der Waals surface area contributed by atoms with Crippen LogP contribution >= 0.6 is 0 Å². The van der Waals surface area contributed by atoms with E-state index in [0.717, 1.165) is 18.9 Å². The highest BCUT2D eigenvalue weighted by molar-refractivity contribution is 5.96. The molecule has 3 nitrogen and oxygen atoms in total. The molecule has 0 radical (unpaired) electrons. The van der Waals surface area contributed by atoms with Crippen molar-refractivity contribution in [3.8, 4) is 0 Å². The van der Waals surface area contributed by atoms with Crippen molar-refractivity contribution in [2.75, 3.05) is 13.1 Å². The first kappa shape index (κ1) is 14.8. The van der Waals surface area contributed by atoms with Crippen LogP contribution in [0.5, 0.6) is 0 Å². The average molecular weight is 287 g/mol. The Labute approximate surface area is 115 Å². The molecule has 20 heavy (non-hydrogen) atoms. The highest BCUT2D eigenvalue weighted by Crippen LogP contribution is 2.33. The van der Waals surface area contributed by atoms with Gasteiger partial charge in [-0.2, -0.15) is 13.2 Å². The molecule has 1 N–H and O–H groups in total. The number of amides is 1. The fourth-order valence-corrected chi connectivity index (χ4v) is 2.32. The molecule has 0 bridgehead atoms. The molecule has 1 saturated heterocycles. The van der Waals surface area contributed by atoms with Crippen LogP contribution in [-0.2, 0) is 0 Å². The fourth-order valence-electron chi connectivity index (χ4n) is 2.32. The Hall–Kier alpha value is -1.56. The van der Waals surface area contributed by atoms with E-state index < -0.39 is 12.3 Å². The standard InChI is InChI=1S/C14H16F3NO2/c1-9-4-5-10(12(19)14(15,16)17)8-11(9)13(20)18-6-2-3-7-18/h4-5,8,12,19H,2-3,6-7H2,1H3. The summed E-state index contributed by atoms with van der Waals surface area (Å²) in [6, 6.07) is 3.79. The van der Waals surface area contributed by atoms with Crippen molar-refractivity contribution in [2.45, 2.75) is 32.0 Å². The largest absolute Gasteiger partial charge is 0.418 e. The van der Waals surface area contributed by atoms with Gasteiger partial charge in [0, 0.05) is 18.7 Å². The van der Waals surface area contributed by atoms with E-state index in [0.29, 0.717) is 18.7 Å². The van der Waals surface area contributed by atoms with Crippen LogP contribution in [0.25, 0.3) is 0 Å². The van der Waals surface area contributed by atoms with Crippen molar-refractivity contribution >= 4 is 5.91 Å². The van der Waals surface area contributed by atoms with Gasteiger partial charge in [-0.1, -0.05) is 12.1 Å². The Morgan fingerprint density at radius 2 is 1.90 bits per heavy atom. The van der Waals surface area contributed by atoms with Crippen LogP contribution in [0.3, 0.4) is 0 Å². The zero-order valence-corrected chi connectivity index (χ0v) is 11.1. The minimum atomic E-state index is -4.73. The molecular weight excluding hydrogens is 271 g/mol. The minimum Gasteiger partial charge on any atom is -0.379 e. The lowest BCUT2D eigenvalue weighted by atomic mass is 10.0. The molecule has 1 amide bonds. The zero-order valence-electron chi connectivity index (χ0n) is 11.1. The topological polar surface area (TPSA) is 40.5 Å². The summed E-state index contributed by atoms with van der Waals surface area (Å²) < 4.78 is 37.6. The second-order valence-corrected chi connectivity index (χ2v) is 5.02. The van der Waals surface area contributed by atoms with Crippen molar-refractivity contribution < 1.29 is 23.1 Å². The molecule has 1 aromatic rings. The summed E-state index contributed by atoms with van der Waals surface area (Å²) in [6.07, 6.45) is -5.47.